The maximum Gasteiger partial charge on any atom is 0.302 e. The Morgan fingerprint density at radius 3 is 2.67 bits per heavy atom. The zero-order chi connectivity index (χ0) is 7.11. The van der Waals surface area contributed by atoms with Gasteiger partial charge in [0.2, 0.25) is 0 Å². The first-order valence-electron chi connectivity index (χ1n) is 3.11. The van der Waals surface area contributed by atoms with Crippen LogP contribution in [0.3, 0.4) is 0 Å². The summed E-state index contributed by atoms with van der Waals surface area (Å²) in [7, 11) is 5.20. The molecule has 0 heterocycles. The lowest BCUT2D eigenvalue weighted by molar-refractivity contribution is -0.141. The monoisotopic (exact) mass is 126 g/mol. The van der Waals surface area contributed by atoms with Crippen molar-refractivity contribution in [3.63, 3.8) is 0 Å². The van der Waals surface area contributed by atoms with Gasteiger partial charge in [0, 0.05) is 6.92 Å². The number of carbonyl (C=O) groups is 1. The van der Waals surface area contributed by atoms with Gasteiger partial charge in [-0.1, -0.05) is 12.7 Å². The van der Waals surface area contributed by atoms with Crippen LogP contribution in [0.15, 0.2) is 0 Å². The van der Waals surface area contributed by atoms with Crippen LogP contribution in [-0.2, 0) is 9.53 Å². The first-order valence-corrected chi connectivity index (χ1v) is 3.11. The van der Waals surface area contributed by atoms with Crippen LogP contribution in [0.4, 0.5) is 0 Å². The van der Waals surface area contributed by atoms with E-state index in [2.05, 4.69) is 4.74 Å². The van der Waals surface area contributed by atoms with Crippen molar-refractivity contribution in [1.82, 2.24) is 0 Å². The van der Waals surface area contributed by atoms with Gasteiger partial charge in [-0.15, -0.1) is 0 Å². The lowest BCUT2D eigenvalue weighted by Gasteiger charge is -1.98. The number of hydrogen-bond donors (Lipinski definition) is 0. The molecule has 0 bridgehead atoms. The number of esters is 1. The van der Waals surface area contributed by atoms with Crippen molar-refractivity contribution in [3.8, 4) is 0 Å². The molecule has 9 heavy (non-hydrogen) atoms. The summed E-state index contributed by atoms with van der Waals surface area (Å²) >= 11 is 0. The summed E-state index contributed by atoms with van der Waals surface area (Å²) in [5.41, 5.74) is 0. The average Bonchev–Trinajstić information content (AvgIpc) is 1.80. The fourth-order valence-electron chi connectivity index (χ4n) is 0.462. The minimum Gasteiger partial charge on any atom is -0.466 e. The smallest absolute Gasteiger partial charge is 0.302 e. The Morgan fingerprint density at radius 2 is 2.22 bits per heavy atom. The molecule has 0 fully saturated rings. The number of ether oxygens (including phenoxy) is 1. The van der Waals surface area contributed by atoms with Gasteiger partial charge in [0.15, 0.2) is 0 Å². The second-order valence-electron chi connectivity index (χ2n) is 1.84. The van der Waals surface area contributed by atoms with E-state index < -0.39 is 0 Å². The quantitative estimate of drug-likeness (QED) is 0.318. The maximum absolute atomic E-state index is 10.2. The Morgan fingerprint density at radius 1 is 1.56 bits per heavy atom. The maximum atomic E-state index is 10.2. The summed E-state index contributed by atoms with van der Waals surface area (Å²) in [6.07, 6.45) is 2.46. The van der Waals surface area contributed by atoms with Gasteiger partial charge in [0.1, 0.15) is 0 Å². The molecule has 0 aromatic carbocycles. The summed E-state index contributed by atoms with van der Waals surface area (Å²) in [4.78, 5) is 10.2. The van der Waals surface area contributed by atoms with Crippen LogP contribution in [0.5, 0.6) is 0 Å². The average molecular weight is 126 g/mol. The van der Waals surface area contributed by atoms with Crippen LogP contribution in [0, 0.1) is 0 Å². The zero-order valence-corrected chi connectivity index (χ0v) is 5.72. The Hall–Kier alpha value is -0.465. The fourth-order valence-corrected chi connectivity index (χ4v) is 0.462. The minimum absolute atomic E-state index is 0.216. The predicted octanol–water partition coefficient (Wildman–Crippen LogP) is 0.916. The topological polar surface area (TPSA) is 26.3 Å². The van der Waals surface area contributed by atoms with Gasteiger partial charge in [-0.3, -0.25) is 4.79 Å². The molecule has 50 valence electrons. The molecule has 0 rings (SSSR count). The van der Waals surface area contributed by atoms with Crippen LogP contribution in [-0.4, -0.2) is 20.4 Å². The Balaban J connectivity index is 2.83. The van der Waals surface area contributed by atoms with E-state index in [9.17, 15) is 4.79 Å². The van der Waals surface area contributed by atoms with Gasteiger partial charge in [-0.05, 0) is 6.42 Å². The van der Waals surface area contributed by atoms with E-state index in [1.165, 1.54) is 6.92 Å². The van der Waals surface area contributed by atoms with E-state index >= 15 is 0 Å². The van der Waals surface area contributed by atoms with Gasteiger partial charge in [-0.25, -0.2) is 0 Å². The molecule has 0 saturated heterocycles. The van der Waals surface area contributed by atoms with Gasteiger partial charge in [0.05, 0.1) is 14.5 Å². The van der Waals surface area contributed by atoms with Gasteiger partial charge in [-0.2, -0.15) is 0 Å². The Bertz CT molecular complexity index is 83.1. The van der Waals surface area contributed by atoms with Gasteiger partial charge < -0.3 is 4.74 Å². The summed E-state index contributed by atoms with van der Waals surface area (Å²) in [5, 5.41) is 0. The zero-order valence-electron chi connectivity index (χ0n) is 5.72. The molecular weight excluding hydrogens is 115 g/mol. The van der Waals surface area contributed by atoms with Crippen LogP contribution in [0.25, 0.3) is 0 Å². The van der Waals surface area contributed by atoms with Crippen molar-refractivity contribution in [2.24, 2.45) is 0 Å². The van der Waals surface area contributed by atoms with E-state index in [0.717, 1.165) is 12.8 Å². The van der Waals surface area contributed by atoms with Crippen molar-refractivity contribution < 1.29 is 9.53 Å². The van der Waals surface area contributed by atoms with Crippen LogP contribution < -0.4 is 0 Å². The summed E-state index contributed by atoms with van der Waals surface area (Å²) < 4.78 is 4.65. The first-order chi connectivity index (χ1) is 4.27. The molecule has 0 aliphatic carbocycles. The molecule has 0 aromatic rings. The number of unbranched alkanes of at least 4 members (excludes halogenated alkanes) is 1. The summed E-state index contributed by atoms with van der Waals surface area (Å²) in [6.45, 7) is 1.91. The first kappa shape index (κ1) is 8.53. The molecule has 0 atom stereocenters. The van der Waals surface area contributed by atoms with Crippen LogP contribution in [0.2, 0.25) is 6.32 Å². The molecule has 0 aromatic heterocycles. The Labute approximate surface area is 57.0 Å². The fraction of sp³-hybridized carbons (Fsp3) is 0.833. The third-order valence-electron chi connectivity index (χ3n) is 0.904. The van der Waals surface area contributed by atoms with Crippen LogP contribution >= 0.6 is 0 Å². The molecule has 0 N–H and O–H groups in total. The van der Waals surface area contributed by atoms with E-state index in [1.54, 1.807) is 0 Å². The highest BCUT2D eigenvalue weighted by atomic mass is 16.5. The molecule has 0 amide bonds. The highest BCUT2D eigenvalue weighted by molar-refractivity contribution is 6.08. The molecule has 2 nitrogen and oxygen atoms in total. The minimum atomic E-state index is -0.216. The highest BCUT2D eigenvalue weighted by Gasteiger charge is 1.89. The summed E-state index contributed by atoms with van der Waals surface area (Å²) in [6, 6.07) is 0. The van der Waals surface area contributed by atoms with Crippen LogP contribution in [0.1, 0.15) is 19.8 Å². The molecule has 0 aliphatic rings. The molecular formula is C6H11BO2. The van der Waals surface area contributed by atoms with Crippen molar-refractivity contribution in [3.05, 3.63) is 0 Å². The molecule has 0 aliphatic heterocycles. The molecule has 0 unspecified atom stereocenters. The van der Waals surface area contributed by atoms with Crippen molar-refractivity contribution >= 4 is 13.8 Å². The SMILES string of the molecule is [B]CCCCOC(C)=O. The van der Waals surface area contributed by atoms with Gasteiger partial charge >= 0.3 is 5.97 Å². The second-order valence-corrected chi connectivity index (χ2v) is 1.84. The normalized spacial score (nSPS) is 9.00. The van der Waals surface area contributed by atoms with Gasteiger partial charge in [0.25, 0.3) is 0 Å². The molecule has 0 spiro atoms. The lowest BCUT2D eigenvalue weighted by atomic mass is 10.0. The molecule has 2 radical (unpaired) electrons. The van der Waals surface area contributed by atoms with E-state index in [4.69, 9.17) is 7.85 Å². The second kappa shape index (κ2) is 5.67. The lowest BCUT2D eigenvalue weighted by Crippen LogP contribution is -1.99. The third kappa shape index (κ3) is 7.53. The largest absolute Gasteiger partial charge is 0.466 e. The van der Waals surface area contributed by atoms with Crippen molar-refractivity contribution in [2.45, 2.75) is 26.1 Å². The van der Waals surface area contributed by atoms with Crippen molar-refractivity contribution in [1.29, 1.82) is 0 Å². The molecule has 3 heteroatoms. The third-order valence-corrected chi connectivity index (χ3v) is 0.904. The van der Waals surface area contributed by atoms with Crippen molar-refractivity contribution in [2.75, 3.05) is 6.61 Å². The predicted molar refractivity (Wildman–Crippen MR) is 36.4 cm³/mol. The number of carbonyl (C=O) groups excluding carboxylic acids is 1. The standard InChI is InChI=1S/C6H11BO2/c1-6(8)9-5-3-2-4-7/h2-5H2,1H3. The number of hydrogen-bond acceptors (Lipinski definition) is 2. The Kier molecular flexibility index (Phi) is 5.37. The van der Waals surface area contributed by atoms with E-state index in [0.29, 0.717) is 12.9 Å². The van der Waals surface area contributed by atoms with E-state index in [-0.39, 0.29) is 5.97 Å². The highest BCUT2D eigenvalue weighted by Crippen LogP contribution is 1.92. The number of rotatable bonds is 4. The molecule has 0 saturated carbocycles. The summed E-state index contributed by atoms with van der Waals surface area (Å²) in [5.74, 6) is -0.216. The van der Waals surface area contributed by atoms with E-state index in [1.807, 2.05) is 0 Å².